The molecular weight excluding hydrogens is 366 g/mol. The Kier molecular flexibility index (Phi) is 5.75. The Morgan fingerprint density at radius 2 is 2.16 bits per heavy atom. The van der Waals surface area contributed by atoms with Gasteiger partial charge in [0.15, 0.2) is 11.5 Å². The van der Waals surface area contributed by atoms with Gasteiger partial charge in [-0.3, -0.25) is 9.59 Å². The number of thioether (sulfide) groups is 1. The van der Waals surface area contributed by atoms with Crippen LogP contribution in [0.15, 0.2) is 18.2 Å². The smallest absolute Gasteiger partial charge is 0.320 e. The number of nitrogens with zero attached hydrogens (tertiary/aromatic N) is 1. The lowest BCUT2D eigenvalue weighted by Crippen LogP contribution is -2.44. The monoisotopic (exact) mass is 383 g/mol. The summed E-state index contributed by atoms with van der Waals surface area (Å²) in [5.74, 6) is 1.36. The Hall–Kier alpha value is -1.86. The molecule has 0 saturated carbocycles. The number of carbonyl (C=O) groups excluding carboxylic acids is 2. The predicted molar refractivity (Wildman–Crippen MR) is 96.3 cm³/mol. The third-order valence-corrected chi connectivity index (χ3v) is 5.32. The van der Waals surface area contributed by atoms with E-state index in [4.69, 9.17) is 25.8 Å². The molecule has 1 aromatic carbocycles. The van der Waals surface area contributed by atoms with E-state index in [2.05, 4.69) is 0 Å². The highest BCUT2D eigenvalue weighted by atomic mass is 35.5. The highest BCUT2D eigenvalue weighted by molar-refractivity contribution is 8.00. The third kappa shape index (κ3) is 4.22. The lowest BCUT2D eigenvalue weighted by molar-refractivity contribution is -0.140. The van der Waals surface area contributed by atoms with Crippen LogP contribution in [0.5, 0.6) is 11.5 Å². The molecule has 1 saturated heterocycles. The number of ether oxygens (including phenoxy) is 3. The van der Waals surface area contributed by atoms with Gasteiger partial charge in [-0.25, -0.2) is 0 Å². The molecule has 134 valence electrons. The molecule has 1 aromatic rings. The standard InChI is InChI=1S/C17H18ClNO5S/c1-22-17(21)14-10-19(4-7-25-14)15(20)3-2-11-8-12(18)16-13(9-11)23-5-6-24-16/h2-3,8-9,14H,4-7,10H2,1H3/b3-2+/t14-/m1/s1. The van der Waals surface area contributed by atoms with Crippen LogP contribution < -0.4 is 9.47 Å². The molecule has 2 aliphatic rings. The number of fused-ring (bicyclic) bond motifs is 1. The number of carbonyl (C=O) groups is 2. The Morgan fingerprint density at radius 1 is 1.36 bits per heavy atom. The van der Waals surface area contributed by atoms with Crippen molar-refractivity contribution in [2.45, 2.75) is 5.25 Å². The van der Waals surface area contributed by atoms with Crippen LogP contribution in [0.1, 0.15) is 5.56 Å². The zero-order valence-electron chi connectivity index (χ0n) is 13.7. The number of hydrogen-bond acceptors (Lipinski definition) is 6. The van der Waals surface area contributed by atoms with Crippen molar-refractivity contribution in [1.29, 1.82) is 0 Å². The summed E-state index contributed by atoms with van der Waals surface area (Å²) < 4.78 is 15.8. The van der Waals surface area contributed by atoms with Crippen LogP contribution in [0.4, 0.5) is 0 Å². The van der Waals surface area contributed by atoms with E-state index in [-0.39, 0.29) is 17.1 Å². The van der Waals surface area contributed by atoms with E-state index in [1.807, 2.05) is 0 Å². The van der Waals surface area contributed by atoms with Gasteiger partial charge in [0.1, 0.15) is 18.5 Å². The summed E-state index contributed by atoms with van der Waals surface area (Å²) in [6.45, 7) is 1.89. The Labute approximate surface area is 155 Å². The first-order chi connectivity index (χ1) is 12.1. The van der Waals surface area contributed by atoms with Crippen molar-refractivity contribution in [1.82, 2.24) is 4.90 Å². The van der Waals surface area contributed by atoms with E-state index in [9.17, 15) is 9.59 Å². The van der Waals surface area contributed by atoms with Gasteiger partial charge in [-0.2, -0.15) is 0 Å². The number of rotatable bonds is 3. The van der Waals surface area contributed by atoms with E-state index < -0.39 is 0 Å². The van der Waals surface area contributed by atoms with Gasteiger partial charge in [0.2, 0.25) is 5.91 Å². The van der Waals surface area contributed by atoms with Crippen LogP contribution in [0, 0.1) is 0 Å². The molecule has 0 N–H and O–H groups in total. The second kappa shape index (κ2) is 8.01. The molecule has 0 bridgehead atoms. The summed E-state index contributed by atoms with van der Waals surface area (Å²) in [5, 5.41) is 0.115. The maximum atomic E-state index is 12.4. The Morgan fingerprint density at radius 3 is 2.96 bits per heavy atom. The molecule has 2 aliphatic heterocycles. The first-order valence-electron chi connectivity index (χ1n) is 7.84. The Bertz CT molecular complexity index is 709. The molecule has 1 fully saturated rings. The molecule has 0 aliphatic carbocycles. The summed E-state index contributed by atoms with van der Waals surface area (Å²) in [6, 6.07) is 3.51. The van der Waals surface area contributed by atoms with Crippen molar-refractivity contribution in [2.24, 2.45) is 0 Å². The third-order valence-electron chi connectivity index (χ3n) is 3.88. The van der Waals surface area contributed by atoms with Crippen molar-refractivity contribution in [2.75, 3.05) is 39.2 Å². The summed E-state index contributed by atoms with van der Waals surface area (Å²) >= 11 is 7.70. The lowest BCUT2D eigenvalue weighted by Gasteiger charge is -2.30. The highest BCUT2D eigenvalue weighted by Crippen LogP contribution is 2.38. The fourth-order valence-corrected chi connectivity index (χ4v) is 4.03. The van der Waals surface area contributed by atoms with Crippen LogP contribution in [-0.2, 0) is 14.3 Å². The van der Waals surface area contributed by atoms with Gasteiger partial charge in [0.25, 0.3) is 0 Å². The van der Waals surface area contributed by atoms with E-state index in [1.165, 1.54) is 24.9 Å². The number of benzene rings is 1. The van der Waals surface area contributed by atoms with Crippen molar-refractivity contribution in [3.05, 3.63) is 28.8 Å². The SMILES string of the molecule is COC(=O)[C@H]1CN(C(=O)/C=C/c2cc(Cl)c3c(c2)OCCO3)CCS1. The normalized spacial score (nSPS) is 19.8. The Balaban J connectivity index is 1.68. The van der Waals surface area contributed by atoms with E-state index in [1.54, 1.807) is 23.1 Å². The molecule has 1 amide bonds. The quantitative estimate of drug-likeness (QED) is 0.589. The van der Waals surface area contributed by atoms with Crippen LogP contribution in [-0.4, -0.2) is 61.2 Å². The summed E-state index contributed by atoms with van der Waals surface area (Å²) in [4.78, 5) is 25.7. The largest absolute Gasteiger partial charge is 0.486 e. The van der Waals surface area contributed by atoms with Crippen molar-refractivity contribution < 1.29 is 23.8 Å². The highest BCUT2D eigenvalue weighted by Gasteiger charge is 2.28. The van der Waals surface area contributed by atoms with E-state index >= 15 is 0 Å². The average Bonchev–Trinajstić information content (AvgIpc) is 2.65. The second-order valence-corrected chi connectivity index (χ2v) is 7.24. The van der Waals surface area contributed by atoms with Gasteiger partial charge in [-0.15, -0.1) is 11.8 Å². The molecule has 1 atom stereocenters. The number of halogens is 1. The fraction of sp³-hybridized carbons (Fsp3) is 0.412. The van der Waals surface area contributed by atoms with Gasteiger partial charge in [-0.05, 0) is 23.8 Å². The maximum absolute atomic E-state index is 12.4. The minimum atomic E-state index is -0.333. The molecule has 0 radical (unpaired) electrons. The number of methoxy groups -OCH3 is 1. The predicted octanol–water partition coefficient (Wildman–Crippen LogP) is 2.24. The average molecular weight is 384 g/mol. The molecule has 0 spiro atoms. The van der Waals surface area contributed by atoms with Gasteiger partial charge < -0.3 is 19.1 Å². The molecular formula is C17H18ClNO5S. The number of amides is 1. The first-order valence-corrected chi connectivity index (χ1v) is 9.26. The maximum Gasteiger partial charge on any atom is 0.320 e. The minimum Gasteiger partial charge on any atom is -0.486 e. The molecule has 0 aromatic heterocycles. The van der Waals surface area contributed by atoms with Gasteiger partial charge in [0, 0.05) is 24.9 Å². The minimum absolute atomic E-state index is 0.153. The van der Waals surface area contributed by atoms with Crippen LogP contribution in [0.3, 0.4) is 0 Å². The summed E-state index contributed by atoms with van der Waals surface area (Å²) in [7, 11) is 1.36. The number of hydrogen-bond donors (Lipinski definition) is 0. The number of esters is 1. The van der Waals surface area contributed by atoms with Crippen LogP contribution in [0.25, 0.3) is 6.08 Å². The molecule has 0 unspecified atom stereocenters. The van der Waals surface area contributed by atoms with Crippen LogP contribution >= 0.6 is 23.4 Å². The molecule has 2 heterocycles. The van der Waals surface area contributed by atoms with Gasteiger partial charge >= 0.3 is 5.97 Å². The van der Waals surface area contributed by atoms with E-state index in [0.717, 1.165) is 5.56 Å². The molecule has 8 heteroatoms. The van der Waals surface area contributed by atoms with Gasteiger partial charge in [-0.1, -0.05) is 11.6 Å². The molecule has 6 nitrogen and oxygen atoms in total. The molecule has 3 rings (SSSR count). The van der Waals surface area contributed by atoms with Crippen molar-refractivity contribution >= 4 is 41.3 Å². The van der Waals surface area contributed by atoms with Crippen LogP contribution in [0.2, 0.25) is 5.02 Å². The van der Waals surface area contributed by atoms with Gasteiger partial charge in [0.05, 0.1) is 12.1 Å². The molecule has 25 heavy (non-hydrogen) atoms. The summed E-state index contributed by atoms with van der Waals surface area (Å²) in [6.07, 6.45) is 3.16. The zero-order valence-corrected chi connectivity index (χ0v) is 15.3. The van der Waals surface area contributed by atoms with E-state index in [0.29, 0.717) is 48.6 Å². The fourth-order valence-electron chi connectivity index (χ4n) is 2.62. The summed E-state index contributed by atoms with van der Waals surface area (Å²) in [5.41, 5.74) is 0.749. The first kappa shape index (κ1) is 17.9. The topological polar surface area (TPSA) is 65.1 Å². The zero-order chi connectivity index (χ0) is 17.8. The lowest BCUT2D eigenvalue weighted by atomic mass is 10.1. The van der Waals surface area contributed by atoms with Crippen molar-refractivity contribution in [3.63, 3.8) is 0 Å². The second-order valence-electron chi connectivity index (χ2n) is 5.53. The van der Waals surface area contributed by atoms with Crippen molar-refractivity contribution in [3.8, 4) is 11.5 Å².